The number of methoxy groups -OCH3 is 1. The minimum atomic E-state index is -0.0898. The number of aromatic amines is 1. The zero-order valence-electron chi connectivity index (χ0n) is 13.3. The van der Waals surface area contributed by atoms with Crippen LogP contribution in [-0.2, 0) is 0 Å². The molecular weight excluding hydrogens is 290 g/mol. The van der Waals surface area contributed by atoms with Gasteiger partial charge in [-0.15, -0.1) is 0 Å². The van der Waals surface area contributed by atoms with Gasteiger partial charge in [-0.05, 0) is 18.9 Å². The lowest BCUT2D eigenvalue weighted by Gasteiger charge is -2.33. The van der Waals surface area contributed by atoms with Crippen LogP contribution in [0.15, 0.2) is 30.5 Å². The van der Waals surface area contributed by atoms with Crippen LogP contribution >= 0.6 is 0 Å². The number of hydrogen-bond donors (Lipinski definition) is 4. The smallest absolute Gasteiger partial charge is 0.195 e. The number of nitrogens with one attached hydrogen (secondary N) is 3. The van der Waals surface area contributed by atoms with Crippen molar-refractivity contribution in [3.63, 3.8) is 0 Å². The summed E-state index contributed by atoms with van der Waals surface area (Å²) in [5, 5.41) is 17.8. The van der Waals surface area contributed by atoms with E-state index >= 15 is 0 Å². The van der Waals surface area contributed by atoms with Crippen molar-refractivity contribution in [2.75, 3.05) is 12.4 Å². The van der Waals surface area contributed by atoms with Gasteiger partial charge in [0.05, 0.1) is 24.4 Å². The van der Waals surface area contributed by atoms with E-state index in [-0.39, 0.29) is 11.9 Å². The number of anilines is 1. The zero-order chi connectivity index (χ0) is 15.8. The van der Waals surface area contributed by atoms with Crippen LogP contribution in [0.3, 0.4) is 0 Å². The zero-order valence-corrected chi connectivity index (χ0v) is 13.3. The molecule has 5 nitrogen and oxygen atoms in total. The minimum Gasteiger partial charge on any atom is -0.496 e. The highest BCUT2D eigenvalue weighted by molar-refractivity contribution is 5.62. The lowest BCUT2D eigenvalue weighted by molar-refractivity contribution is 0.327. The third-order valence-electron chi connectivity index (χ3n) is 5.12. The first kappa shape index (κ1) is 14.5. The second-order valence-corrected chi connectivity index (χ2v) is 6.45. The van der Waals surface area contributed by atoms with Crippen molar-refractivity contribution in [2.45, 2.75) is 43.8 Å². The van der Waals surface area contributed by atoms with Gasteiger partial charge in [0.2, 0.25) is 0 Å². The van der Waals surface area contributed by atoms with Crippen LogP contribution in [0.4, 0.5) is 5.69 Å². The van der Waals surface area contributed by atoms with Crippen molar-refractivity contribution in [3.8, 4) is 11.6 Å². The molecule has 5 heteroatoms. The van der Waals surface area contributed by atoms with Crippen molar-refractivity contribution in [1.82, 2.24) is 10.3 Å². The van der Waals surface area contributed by atoms with E-state index in [0.717, 1.165) is 35.4 Å². The Bertz CT molecular complexity index is 697. The predicted molar refractivity (Wildman–Crippen MR) is 90.1 cm³/mol. The molecule has 1 aromatic heterocycles. The maximum atomic E-state index is 10.4. The Balaban J connectivity index is 1.81. The Hall–Kier alpha value is -2.14. The van der Waals surface area contributed by atoms with Gasteiger partial charge in [0.25, 0.3) is 0 Å². The lowest BCUT2D eigenvalue weighted by Crippen LogP contribution is -2.45. The Labute approximate surface area is 136 Å². The van der Waals surface area contributed by atoms with E-state index in [1.54, 1.807) is 7.11 Å². The van der Waals surface area contributed by atoms with Crippen molar-refractivity contribution in [3.05, 3.63) is 41.6 Å². The summed E-state index contributed by atoms with van der Waals surface area (Å²) >= 11 is 0. The van der Waals surface area contributed by atoms with Gasteiger partial charge in [-0.1, -0.05) is 31.0 Å². The molecule has 1 aliphatic heterocycles. The Morgan fingerprint density at radius 1 is 1.13 bits per heavy atom. The number of hydrogen-bond acceptors (Lipinski definition) is 4. The maximum absolute atomic E-state index is 10.4. The van der Waals surface area contributed by atoms with E-state index < -0.39 is 0 Å². The third-order valence-corrected chi connectivity index (χ3v) is 5.12. The molecule has 2 aliphatic rings. The fourth-order valence-corrected chi connectivity index (χ4v) is 3.99. The standard InChI is InChI=1S/C18H23N3O2/c1-23-15-9-5-2-6-11(15)17-16-14(10-19-18(16)22)20-12-7-3-4-8-13(12)21-17/h2,5-6,9-10,12-13,17,19-22H,3-4,7-8H2,1H3/t12-,13-,17-/m1/s1. The van der Waals surface area contributed by atoms with Crippen LogP contribution in [0.1, 0.15) is 42.9 Å². The molecule has 23 heavy (non-hydrogen) atoms. The molecule has 3 atom stereocenters. The van der Waals surface area contributed by atoms with Crippen molar-refractivity contribution >= 4 is 5.69 Å². The molecule has 0 unspecified atom stereocenters. The molecule has 1 saturated carbocycles. The third kappa shape index (κ3) is 2.45. The molecule has 0 radical (unpaired) electrons. The van der Waals surface area contributed by atoms with E-state index in [1.807, 2.05) is 24.4 Å². The molecule has 0 bridgehead atoms. The minimum absolute atomic E-state index is 0.0898. The normalized spacial score (nSPS) is 26.6. The molecule has 0 amide bonds. The molecule has 2 heterocycles. The van der Waals surface area contributed by atoms with E-state index in [4.69, 9.17) is 4.74 Å². The van der Waals surface area contributed by atoms with E-state index in [2.05, 4.69) is 21.7 Å². The molecule has 0 saturated heterocycles. The number of para-hydroxylation sites is 1. The molecule has 0 spiro atoms. The number of rotatable bonds is 2. The number of ether oxygens (including phenoxy) is 1. The average Bonchev–Trinajstić information content (AvgIpc) is 2.86. The molecule has 2 aromatic rings. The van der Waals surface area contributed by atoms with Gasteiger partial charge < -0.3 is 25.5 Å². The Morgan fingerprint density at radius 2 is 1.91 bits per heavy atom. The summed E-state index contributed by atoms with van der Waals surface area (Å²) < 4.78 is 5.55. The van der Waals surface area contributed by atoms with Crippen LogP contribution in [-0.4, -0.2) is 29.3 Å². The van der Waals surface area contributed by atoms with Gasteiger partial charge in [-0.2, -0.15) is 0 Å². The number of fused-ring (bicyclic) bond motifs is 2. The number of H-pyrrole nitrogens is 1. The summed E-state index contributed by atoms with van der Waals surface area (Å²) in [4.78, 5) is 2.95. The molecule has 1 fully saturated rings. The van der Waals surface area contributed by atoms with Crippen molar-refractivity contribution in [1.29, 1.82) is 0 Å². The topological polar surface area (TPSA) is 69.3 Å². The highest BCUT2D eigenvalue weighted by Gasteiger charge is 2.36. The summed E-state index contributed by atoms with van der Waals surface area (Å²) in [6.07, 6.45) is 6.67. The van der Waals surface area contributed by atoms with Crippen molar-refractivity contribution < 1.29 is 9.84 Å². The van der Waals surface area contributed by atoms with Gasteiger partial charge in [0.1, 0.15) is 5.75 Å². The first-order chi connectivity index (χ1) is 11.3. The van der Waals surface area contributed by atoms with Gasteiger partial charge in [0.15, 0.2) is 5.88 Å². The largest absolute Gasteiger partial charge is 0.496 e. The highest BCUT2D eigenvalue weighted by atomic mass is 16.5. The SMILES string of the molecule is COc1ccccc1[C@H]1N[C@@H]2CCCC[C@H]2Nc2c[nH]c(O)c21. The van der Waals surface area contributed by atoms with Gasteiger partial charge >= 0.3 is 0 Å². The first-order valence-electron chi connectivity index (χ1n) is 8.33. The van der Waals surface area contributed by atoms with Crippen LogP contribution in [0.2, 0.25) is 0 Å². The fraction of sp³-hybridized carbons (Fsp3) is 0.444. The van der Waals surface area contributed by atoms with Crippen LogP contribution in [0, 0.1) is 0 Å². The average molecular weight is 313 g/mol. The van der Waals surface area contributed by atoms with Crippen LogP contribution in [0.5, 0.6) is 11.6 Å². The van der Waals surface area contributed by atoms with Crippen molar-refractivity contribution in [2.24, 2.45) is 0 Å². The van der Waals surface area contributed by atoms with Gasteiger partial charge in [-0.3, -0.25) is 0 Å². The Kier molecular flexibility index (Phi) is 3.65. The van der Waals surface area contributed by atoms with E-state index in [0.29, 0.717) is 12.1 Å². The fourth-order valence-electron chi connectivity index (χ4n) is 3.99. The molecule has 1 aromatic carbocycles. The molecule has 4 N–H and O–H groups in total. The molecule has 122 valence electrons. The second-order valence-electron chi connectivity index (χ2n) is 6.45. The number of aromatic nitrogens is 1. The first-order valence-corrected chi connectivity index (χ1v) is 8.33. The van der Waals surface area contributed by atoms with E-state index in [1.165, 1.54) is 12.8 Å². The Morgan fingerprint density at radius 3 is 2.74 bits per heavy atom. The quantitative estimate of drug-likeness (QED) is 0.687. The van der Waals surface area contributed by atoms with E-state index in [9.17, 15) is 5.11 Å². The number of benzene rings is 1. The number of aromatic hydroxyl groups is 1. The monoisotopic (exact) mass is 313 g/mol. The van der Waals surface area contributed by atoms with Gasteiger partial charge in [-0.25, -0.2) is 0 Å². The van der Waals surface area contributed by atoms with Gasteiger partial charge in [0, 0.05) is 23.8 Å². The molecule has 4 rings (SSSR count). The molecular formula is C18H23N3O2. The summed E-state index contributed by atoms with van der Waals surface area (Å²) in [6, 6.07) is 8.72. The van der Waals surface area contributed by atoms with Crippen LogP contribution < -0.4 is 15.4 Å². The summed E-state index contributed by atoms with van der Waals surface area (Å²) in [5.41, 5.74) is 2.92. The summed E-state index contributed by atoms with van der Waals surface area (Å²) in [6.45, 7) is 0. The lowest BCUT2D eigenvalue weighted by atomic mass is 9.89. The van der Waals surface area contributed by atoms with Crippen LogP contribution in [0.25, 0.3) is 0 Å². The predicted octanol–water partition coefficient (Wildman–Crippen LogP) is 3.14. The summed E-state index contributed by atoms with van der Waals surface area (Å²) in [7, 11) is 1.69. The summed E-state index contributed by atoms with van der Waals surface area (Å²) in [5.74, 6) is 1.06. The molecule has 1 aliphatic carbocycles. The second kappa shape index (κ2) is 5.81. The highest BCUT2D eigenvalue weighted by Crippen LogP contribution is 2.42. The maximum Gasteiger partial charge on any atom is 0.195 e.